The molecule has 1 aliphatic heterocycles. The van der Waals surface area contributed by atoms with Crippen LogP contribution >= 0.6 is 0 Å². The van der Waals surface area contributed by atoms with Crippen LogP contribution in [0.4, 0.5) is 5.69 Å². The second-order valence-corrected chi connectivity index (χ2v) is 4.68. The lowest BCUT2D eigenvalue weighted by Gasteiger charge is -2.17. The van der Waals surface area contributed by atoms with Gasteiger partial charge in [-0.3, -0.25) is 14.9 Å². The molecule has 1 aliphatic rings. The van der Waals surface area contributed by atoms with Gasteiger partial charge in [-0.25, -0.2) is 0 Å². The smallest absolute Gasteiger partial charge is 0.286 e. The summed E-state index contributed by atoms with van der Waals surface area (Å²) in [5, 5.41) is 20.6. The number of nitro groups is 1. The van der Waals surface area contributed by atoms with Gasteiger partial charge in [-0.2, -0.15) is 0 Å². The van der Waals surface area contributed by atoms with E-state index in [0.717, 1.165) is 0 Å². The van der Waals surface area contributed by atoms with Gasteiger partial charge in [0, 0.05) is 19.2 Å². The molecule has 1 N–H and O–H groups in total. The molecule has 1 aromatic rings. The number of hydrogen-bond donors (Lipinski definition) is 1. The number of aliphatic hydroxyl groups is 1. The first kappa shape index (κ1) is 15.0. The third-order valence-corrected chi connectivity index (χ3v) is 3.38. The molecular weight excluding hydrogens is 280 g/mol. The molecule has 1 fully saturated rings. The summed E-state index contributed by atoms with van der Waals surface area (Å²) in [6.45, 7) is 0.538. The Labute approximate surface area is 121 Å². The zero-order valence-electron chi connectivity index (χ0n) is 11.7. The summed E-state index contributed by atoms with van der Waals surface area (Å²) in [5.41, 5.74) is -0.425. The summed E-state index contributed by atoms with van der Waals surface area (Å²) in [7, 11) is 2.75. The number of benzene rings is 1. The van der Waals surface area contributed by atoms with Crippen molar-refractivity contribution in [3.63, 3.8) is 0 Å². The lowest BCUT2D eigenvalue weighted by atomic mass is 10.1. The van der Waals surface area contributed by atoms with Gasteiger partial charge >= 0.3 is 0 Å². The molecule has 0 spiro atoms. The van der Waals surface area contributed by atoms with Gasteiger partial charge in [0.15, 0.2) is 11.5 Å². The minimum atomic E-state index is -0.637. The van der Waals surface area contributed by atoms with Crippen molar-refractivity contribution >= 4 is 11.6 Å². The van der Waals surface area contributed by atoms with E-state index in [1.807, 2.05) is 0 Å². The Morgan fingerprint density at radius 3 is 2.48 bits per heavy atom. The quantitative estimate of drug-likeness (QED) is 0.652. The molecule has 0 radical (unpaired) electrons. The molecule has 1 heterocycles. The largest absolute Gasteiger partial charge is 0.493 e. The van der Waals surface area contributed by atoms with E-state index in [-0.39, 0.29) is 29.3 Å². The van der Waals surface area contributed by atoms with Crippen LogP contribution in [0.3, 0.4) is 0 Å². The second-order valence-electron chi connectivity index (χ2n) is 4.68. The van der Waals surface area contributed by atoms with Gasteiger partial charge in [0.05, 0.1) is 31.3 Å². The zero-order valence-corrected chi connectivity index (χ0v) is 11.7. The number of hydrogen-bond acceptors (Lipinski definition) is 6. The van der Waals surface area contributed by atoms with E-state index >= 15 is 0 Å². The van der Waals surface area contributed by atoms with Crippen molar-refractivity contribution in [3.8, 4) is 11.5 Å². The van der Waals surface area contributed by atoms with E-state index in [2.05, 4.69) is 0 Å². The first-order valence-corrected chi connectivity index (χ1v) is 6.35. The number of likely N-dealkylation sites (tertiary alicyclic amines) is 1. The van der Waals surface area contributed by atoms with Crippen molar-refractivity contribution in [2.24, 2.45) is 0 Å². The number of rotatable bonds is 4. The van der Waals surface area contributed by atoms with Crippen LogP contribution in [0.1, 0.15) is 16.8 Å². The van der Waals surface area contributed by atoms with Gasteiger partial charge in [0.1, 0.15) is 5.56 Å². The third-order valence-electron chi connectivity index (χ3n) is 3.38. The molecule has 0 saturated carbocycles. The van der Waals surface area contributed by atoms with Crippen molar-refractivity contribution in [2.45, 2.75) is 12.5 Å². The number of amides is 1. The molecule has 0 unspecified atom stereocenters. The van der Waals surface area contributed by atoms with Crippen molar-refractivity contribution in [1.82, 2.24) is 4.90 Å². The maximum Gasteiger partial charge on any atom is 0.286 e. The maximum absolute atomic E-state index is 12.4. The molecule has 1 amide bonds. The fourth-order valence-corrected chi connectivity index (χ4v) is 2.29. The van der Waals surface area contributed by atoms with E-state index in [1.54, 1.807) is 0 Å². The van der Waals surface area contributed by atoms with E-state index < -0.39 is 16.9 Å². The van der Waals surface area contributed by atoms with Crippen LogP contribution < -0.4 is 9.47 Å². The van der Waals surface area contributed by atoms with E-state index in [1.165, 1.54) is 31.3 Å². The minimum absolute atomic E-state index is 0.0771. The van der Waals surface area contributed by atoms with Gasteiger partial charge in [-0.15, -0.1) is 0 Å². The Morgan fingerprint density at radius 1 is 1.38 bits per heavy atom. The Bertz CT molecular complexity index is 574. The Hall–Kier alpha value is -2.35. The number of methoxy groups -OCH3 is 2. The van der Waals surface area contributed by atoms with Crippen LogP contribution in [-0.2, 0) is 0 Å². The van der Waals surface area contributed by atoms with Crippen molar-refractivity contribution in [3.05, 3.63) is 27.8 Å². The maximum atomic E-state index is 12.4. The van der Waals surface area contributed by atoms with E-state index in [4.69, 9.17) is 9.47 Å². The molecule has 1 saturated heterocycles. The van der Waals surface area contributed by atoms with Gasteiger partial charge < -0.3 is 19.5 Å². The number of β-amino-alcohol motifs (C(OH)–C–C–N with tert-alkyl or cyclic N) is 1. The van der Waals surface area contributed by atoms with Crippen LogP contribution in [0.15, 0.2) is 12.1 Å². The van der Waals surface area contributed by atoms with Gasteiger partial charge in [0.25, 0.3) is 11.6 Å². The number of nitrogens with zero attached hydrogens (tertiary/aromatic N) is 2. The number of carbonyl (C=O) groups excluding carboxylic acids is 1. The summed E-state index contributed by atoms with van der Waals surface area (Å²) in [5.74, 6) is -0.0763. The summed E-state index contributed by atoms with van der Waals surface area (Å²) >= 11 is 0. The van der Waals surface area contributed by atoms with E-state index in [0.29, 0.717) is 13.0 Å². The molecule has 2 rings (SSSR count). The van der Waals surface area contributed by atoms with Gasteiger partial charge in [0.2, 0.25) is 0 Å². The van der Waals surface area contributed by atoms with Crippen LogP contribution in [0.5, 0.6) is 11.5 Å². The summed E-state index contributed by atoms with van der Waals surface area (Å²) in [6.07, 6.45) is -0.125. The highest BCUT2D eigenvalue weighted by atomic mass is 16.6. The van der Waals surface area contributed by atoms with Crippen molar-refractivity contribution in [1.29, 1.82) is 0 Å². The molecule has 114 valence electrons. The molecular formula is C13H16N2O6. The topological polar surface area (TPSA) is 102 Å². The van der Waals surface area contributed by atoms with Crippen molar-refractivity contribution < 1.29 is 24.3 Å². The lowest BCUT2D eigenvalue weighted by molar-refractivity contribution is -0.385. The normalized spacial score (nSPS) is 17.7. The first-order valence-electron chi connectivity index (χ1n) is 6.35. The predicted molar refractivity (Wildman–Crippen MR) is 72.7 cm³/mol. The first-order chi connectivity index (χ1) is 9.97. The fourth-order valence-electron chi connectivity index (χ4n) is 2.29. The average molecular weight is 296 g/mol. The number of nitro benzene ring substituents is 1. The molecule has 1 atom stereocenters. The van der Waals surface area contributed by atoms with Crippen LogP contribution in [0, 0.1) is 10.1 Å². The molecule has 21 heavy (non-hydrogen) atoms. The predicted octanol–water partition coefficient (Wildman–Crippen LogP) is 0.819. The van der Waals surface area contributed by atoms with Gasteiger partial charge in [-0.1, -0.05) is 0 Å². The SMILES string of the molecule is COc1cc(C(=O)N2CC[C@H](O)C2)c([N+](=O)[O-])cc1OC. The van der Waals surface area contributed by atoms with Gasteiger partial charge in [-0.05, 0) is 6.42 Å². The third kappa shape index (κ3) is 2.89. The molecule has 8 heteroatoms. The molecule has 0 aromatic heterocycles. The van der Waals surface area contributed by atoms with Crippen LogP contribution in [0.25, 0.3) is 0 Å². The van der Waals surface area contributed by atoms with Crippen molar-refractivity contribution in [2.75, 3.05) is 27.3 Å². The number of carbonyl (C=O) groups is 1. The second kappa shape index (κ2) is 5.96. The monoisotopic (exact) mass is 296 g/mol. The summed E-state index contributed by atoms with van der Waals surface area (Å²) in [4.78, 5) is 24.3. The lowest BCUT2D eigenvalue weighted by Crippen LogP contribution is -2.30. The highest BCUT2D eigenvalue weighted by Gasteiger charge is 2.31. The molecule has 8 nitrogen and oxygen atoms in total. The Kier molecular flexibility index (Phi) is 4.27. The molecule has 1 aromatic carbocycles. The molecule has 0 bridgehead atoms. The number of aliphatic hydroxyl groups excluding tert-OH is 1. The fraction of sp³-hybridized carbons (Fsp3) is 0.462. The van der Waals surface area contributed by atoms with Crippen LogP contribution in [0.2, 0.25) is 0 Å². The average Bonchev–Trinajstić information content (AvgIpc) is 2.91. The van der Waals surface area contributed by atoms with E-state index in [9.17, 15) is 20.0 Å². The Balaban J connectivity index is 2.45. The zero-order chi connectivity index (χ0) is 15.6. The Morgan fingerprint density at radius 2 is 2.00 bits per heavy atom. The van der Waals surface area contributed by atoms with Crippen LogP contribution in [-0.4, -0.2) is 54.3 Å². The standard InChI is InChI=1S/C13H16N2O6/c1-20-11-5-9(10(15(18)19)6-12(11)21-2)13(17)14-4-3-8(16)7-14/h5-6,8,16H,3-4,7H2,1-2H3/t8-/m0/s1. The minimum Gasteiger partial charge on any atom is -0.493 e. The highest BCUT2D eigenvalue weighted by molar-refractivity contribution is 5.99. The molecule has 0 aliphatic carbocycles. The summed E-state index contributed by atoms with van der Waals surface area (Å²) < 4.78 is 10.1. The summed E-state index contributed by atoms with van der Waals surface area (Å²) in [6, 6.07) is 2.46. The highest BCUT2D eigenvalue weighted by Crippen LogP contribution is 2.35. The number of ether oxygens (including phenoxy) is 2.